The first-order valence-corrected chi connectivity index (χ1v) is 10.4. The third kappa shape index (κ3) is 8.77. The normalized spacial score (nSPS) is 19.3. The molecule has 0 bridgehead atoms. The van der Waals surface area contributed by atoms with Gasteiger partial charge in [-0.2, -0.15) is 0 Å². The maximum atomic E-state index is 2.55. The van der Waals surface area contributed by atoms with Crippen LogP contribution in [0.4, 0.5) is 0 Å². The van der Waals surface area contributed by atoms with Crippen LogP contribution in [0.3, 0.4) is 0 Å². The summed E-state index contributed by atoms with van der Waals surface area (Å²) in [6.07, 6.45) is 20.2. The Labute approximate surface area is 153 Å². The van der Waals surface area contributed by atoms with E-state index in [9.17, 15) is 0 Å². The molecule has 0 aromatic carbocycles. The fourth-order valence-corrected chi connectivity index (χ4v) is 4.13. The van der Waals surface area contributed by atoms with Crippen LogP contribution in [-0.4, -0.2) is 30.2 Å². The monoisotopic (exact) mass is 345 g/mol. The zero-order chi connectivity index (χ0) is 16.3. The van der Waals surface area contributed by atoms with Gasteiger partial charge >= 0.3 is 0 Å². The molecule has 0 atom stereocenters. The van der Waals surface area contributed by atoms with Gasteiger partial charge < -0.3 is 16.9 Å². The zero-order valence-electron chi connectivity index (χ0n) is 16.6. The molecule has 0 saturated carbocycles. The van der Waals surface area contributed by atoms with E-state index in [2.05, 4.69) is 27.8 Å². The molecule has 1 heterocycles. The minimum atomic E-state index is 0. The Balaban J connectivity index is 0.00000484. The molecule has 1 fully saturated rings. The quantitative estimate of drug-likeness (QED) is 0.441. The van der Waals surface area contributed by atoms with Crippen LogP contribution in [0.2, 0.25) is 0 Å². The van der Waals surface area contributed by atoms with E-state index in [1.165, 1.54) is 107 Å². The molecule has 1 aliphatic rings. The average molecular weight is 346 g/mol. The third-order valence-corrected chi connectivity index (χ3v) is 6.41. The molecule has 0 spiro atoms. The van der Waals surface area contributed by atoms with Crippen molar-refractivity contribution in [2.45, 2.75) is 116 Å². The summed E-state index contributed by atoms with van der Waals surface area (Å²) in [6.45, 7) is 10.2. The smallest absolute Gasteiger partial charge is 0.0933 e. The molecule has 23 heavy (non-hydrogen) atoms. The predicted molar refractivity (Wildman–Crippen MR) is 100 cm³/mol. The van der Waals surface area contributed by atoms with E-state index in [0.717, 1.165) is 0 Å². The van der Waals surface area contributed by atoms with Gasteiger partial charge in [0, 0.05) is 6.42 Å². The van der Waals surface area contributed by atoms with Gasteiger partial charge in [0.1, 0.15) is 0 Å². The van der Waals surface area contributed by atoms with Gasteiger partial charge in [0.05, 0.1) is 25.7 Å². The largest absolute Gasteiger partial charge is 1.00 e. The van der Waals surface area contributed by atoms with Gasteiger partial charge in [-0.05, 0) is 46.0 Å². The van der Waals surface area contributed by atoms with E-state index in [1.807, 2.05) is 0 Å². The number of hydrogen-bond donors (Lipinski definition) is 0. The van der Waals surface area contributed by atoms with Crippen LogP contribution in [0, 0.1) is 0 Å². The van der Waals surface area contributed by atoms with E-state index >= 15 is 0 Å². The van der Waals surface area contributed by atoms with Crippen molar-refractivity contribution < 1.29 is 16.9 Å². The first-order chi connectivity index (χ1) is 10.5. The second kappa shape index (κ2) is 12.6. The highest BCUT2D eigenvalue weighted by atomic mass is 35.5. The lowest BCUT2D eigenvalue weighted by molar-refractivity contribution is -0.956. The second-order valence-electron chi connectivity index (χ2n) is 8.65. The molecule has 0 amide bonds. The summed E-state index contributed by atoms with van der Waals surface area (Å²) >= 11 is 0. The Morgan fingerprint density at radius 3 is 1.65 bits per heavy atom. The summed E-state index contributed by atoms with van der Waals surface area (Å²) in [5.74, 6) is 0. The van der Waals surface area contributed by atoms with Gasteiger partial charge in [-0.3, -0.25) is 0 Å². The van der Waals surface area contributed by atoms with Crippen LogP contribution >= 0.6 is 0 Å². The van der Waals surface area contributed by atoms with Crippen LogP contribution in [0.5, 0.6) is 0 Å². The van der Waals surface area contributed by atoms with Crippen LogP contribution in [0.1, 0.15) is 111 Å². The molecule has 0 aromatic rings. The summed E-state index contributed by atoms with van der Waals surface area (Å²) in [5.41, 5.74) is 0.466. The van der Waals surface area contributed by atoms with Gasteiger partial charge in [0.15, 0.2) is 0 Å². The molecule has 140 valence electrons. The molecular formula is C21H44ClN. The summed E-state index contributed by atoms with van der Waals surface area (Å²) in [7, 11) is 2.55. The number of unbranched alkanes of at least 4 members (excludes halogenated alkanes) is 6. The molecule has 0 unspecified atom stereocenters. The number of halogens is 1. The Morgan fingerprint density at radius 2 is 1.13 bits per heavy atom. The van der Waals surface area contributed by atoms with E-state index in [-0.39, 0.29) is 12.4 Å². The zero-order valence-corrected chi connectivity index (χ0v) is 17.4. The molecular weight excluding hydrogens is 302 g/mol. The number of nitrogens with zero attached hydrogens (tertiary/aromatic N) is 1. The predicted octanol–water partition coefficient (Wildman–Crippen LogP) is 3.71. The van der Waals surface area contributed by atoms with Crippen molar-refractivity contribution >= 4 is 0 Å². The molecule has 2 heteroatoms. The van der Waals surface area contributed by atoms with Gasteiger partial charge in [-0.25, -0.2) is 0 Å². The fraction of sp³-hybridized carbons (Fsp3) is 1.00. The highest BCUT2D eigenvalue weighted by molar-refractivity contribution is 4.71. The van der Waals surface area contributed by atoms with Crippen molar-refractivity contribution in [1.82, 2.24) is 0 Å². The van der Waals surface area contributed by atoms with Crippen molar-refractivity contribution in [3.8, 4) is 0 Å². The number of hydrogen-bond acceptors (Lipinski definition) is 0. The van der Waals surface area contributed by atoms with E-state index in [0.29, 0.717) is 5.54 Å². The lowest BCUT2D eigenvalue weighted by Gasteiger charge is -2.48. The minimum Gasteiger partial charge on any atom is -1.00 e. The van der Waals surface area contributed by atoms with Crippen molar-refractivity contribution in [2.75, 3.05) is 20.1 Å². The fourth-order valence-electron chi connectivity index (χ4n) is 4.13. The van der Waals surface area contributed by atoms with Crippen molar-refractivity contribution in [3.63, 3.8) is 0 Å². The second-order valence-corrected chi connectivity index (χ2v) is 8.65. The molecule has 0 aromatic heterocycles. The first-order valence-electron chi connectivity index (χ1n) is 10.4. The number of quaternary nitrogens is 1. The van der Waals surface area contributed by atoms with Crippen molar-refractivity contribution in [3.05, 3.63) is 0 Å². The summed E-state index contributed by atoms with van der Waals surface area (Å²) < 4.78 is 1.32. The molecule has 0 N–H and O–H groups in total. The topological polar surface area (TPSA) is 0 Å². The molecule has 1 rings (SSSR count). The molecule has 1 nitrogen and oxygen atoms in total. The van der Waals surface area contributed by atoms with E-state index in [1.54, 1.807) is 0 Å². The molecule has 1 saturated heterocycles. The third-order valence-electron chi connectivity index (χ3n) is 6.41. The Kier molecular flexibility index (Phi) is 12.7. The van der Waals surface area contributed by atoms with Crippen LogP contribution < -0.4 is 12.4 Å². The summed E-state index contributed by atoms with van der Waals surface area (Å²) in [5, 5.41) is 0. The van der Waals surface area contributed by atoms with Gasteiger partial charge in [-0.1, -0.05) is 58.3 Å². The van der Waals surface area contributed by atoms with Crippen LogP contribution in [0.25, 0.3) is 0 Å². The van der Waals surface area contributed by atoms with E-state index < -0.39 is 0 Å². The highest BCUT2D eigenvalue weighted by Gasteiger charge is 2.38. The lowest BCUT2D eigenvalue weighted by Crippen LogP contribution is -3.00. The van der Waals surface area contributed by atoms with Crippen LogP contribution in [0.15, 0.2) is 0 Å². The van der Waals surface area contributed by atoms with Crippen molar-refractivity contribution in [2.24, 2.45) is 0 Å². The average Bonchev–Trinajstić information content (AvgIpc) is 2.59. The Bertz CT molecular complexity index is 265. The highest BCUT2D eigenvalue weighted by Crippen LogP contribution is 2.31. The maximum Gasteiger partial charge on any atom is 0.0933 e. The van der Waals surface area contributed by atoms with Crippen LogP contribution in [-0.2, 0) is 0 Å². The summed E-state index contributed by atoms with van der Waals surface area (Å²) in [4.78, 5) is 0. The minimum absolute atomic E-state index is 0. The Hall–Kier alpha value is 0.250. The first kappa shape index (κ1) is 23.2. The molecule has 1 aliphatic heterocycles. The SMILES string of the molecule is CCCCCCCCCC(C)(C)[N+]1(C)CCCCCCCC1.[Cl-]. The van der Waals surface area contributed by atoms with Gasteiger partial charge in [0.2, 0.25) is 0 Å². The van der Waals surface area contributed by atoms with E-state index in [4.69, 9.17) is 0 Å². The lowest BCUT2D eigenvalue weighted by atomic mass is 9.90. The maximum absolute atomic E-state index is 2.55. The van der Waals surface area contributed by atoms with Gasteiger partial charge in [-0.15, -0.1) is 0 Å². The Morgan fingerprint density at radius 1 is 0.696 bits per heavy atom. The molecule has 0 aliphatic carbocycles. The standard InChI is InChI=1S/C21H44N.ClH/c1-5-6-7-8-9-12-15-18-21(2,3)22(4)19-16-13-10-11-14-17-20-22;/h5-20H2,1-4H3;1H/q+1;/p-1. The molecule has 0 radical (unpaired) electrons. The summed E-state index contributed by atoms with van der Waals surface area (Å²) in [6, 6.07) is 0. The van der Waals surface area contributed by atoms with Gasteiger partial charge in [0.25, 0.3) is 0 Å². The van der Waals surface area contributed by atoms with Crippen molar-refractivity contribution in [1.29, 1.82) is 0 Å². The number of rotatable bonds is 9.